The van der Waals surface area contributed by atoms with E-state index in [1.807, 2.05) is 47.8 Å². The summed E-state index contributed by atoms with van der Waals surface area (Å²) in [4.78, 5) is 23.2. The third kappa shape index (κ3) is 7.81. The van der Waals surface area contributed by atoms with E-state index in [1.165, 1.54) is 17.8 Å². The van der Waals surface area contributed by atoms with Crippen LogP contribution in [0.1, 0.15) is 56.2 Å². The van der Waals surface area contributed by atoms with E-state index in [9.17, 15) is 23.1 Å². The largest absolute Gasteiger partial charge is 0.542 e. The number of aliphatic hydroxyl groups is 1. The summed E-state index contributed by atoms with van der Waals surface area (Å²) in [6, 6.07) is 13.8. The Balaban J connectivity index is 0.000000493. The molecule has 1 saturated carbocycles. The number of para-hydroxylation sites is 1. The lowest BCUT2D eigenvalue weighted by Gasteiger charge is -2.52. The predicted molar refractivity (Wildman–Crippen MR) is 145 cm³/mol. The number of carboxylic acids is 1. The molecule has 11 heteroatoms. The number of thiophene rings is 1. The Morgan fingerprint density at radius 2 is 1.66 bits per heavy atom. The number of rotatable bonds is 9. The zero-order valence-corrected chi connectivity index (χ0v) is 23.8. The highest BCUT2D eigenvalue weighted by Gasteiger charge is 2.52. The molecule has 1 aromatic heterocycles. The number of carbonyl (C=O) groups excluding carboxylic acids is 2. The van der Waals surface area contributed by atoms with Gasteiger partial charge < -0.3 is 29.0 Å². The minimum absolute atomic E-state index is 0.0493. The Bertz CT molecular complexity index is 1120. The fourth-order valence-electron chi connectivity index (χ4n) is 6.49. The normalized spacial score (nSPS) is 25.9. The lowest BCUT2D eigenvalue weighted by Crippen LogP contribution is -2.65. The molecule has 6 rings (SSSR count). The topological polar surface area (TPSA) is 95.9 Å². The fourth-order valence-corrected chi connectivity index (χ4v) is 7.38. The van der Waals surface area contributed by atoms with Crippen molar-refractivity contribution in [2.24, 2.45) is 11.8 Å². The van der Waals surface area contributed by atoms with Crippen LogP contribution in [0.2, 0.25) is 0 Å². The van der Waals surface area contributed by atoms with Crippen molar-refractivity contribution in [2.45, 2.75) is 69.2 Å². The molecule has 0 unspecified atom stereocenters. The van der Waals surface area contributed by atoms with Crippen molar-refractivity contribution in [3.63, 3.8) is 0 Å². The molecule has 1 aliphatic carbocycles. The van der Waals surface area contributed by atoms with Crippen LogP contribution in [-0.4, -0.2) is 66.6 Å². The average Bonchev–Trinajstić information content (AvgIpc) is 3.52. The summed E-state index contributed by atoms with van der Waals surface area (Å²) in [6.07, 6.45) is 2.99. The lowest BCUT2D eigenvalue weighted by atomic mass is 9.75. The number of halogens is 3. The Kier molecular flexibility index (Phi) is 10.4. The summed E-state index contributed by atoms with van der Waals surface area (Å²) in [5.41, 5.74) is -1.50. The Labute approximate surface area is 242 Å². The van der Waals surface area contributed by atoms with Crippen LogP contribution in [0.15, 0.2) is 47.8 Å². The van der Waals surface area contributed by atoms with E-state index in [0.717, 1.165) is 86.2 Å². The number of carboxylic acid groups (broad SMARTS) is 1. The first-order chi connectivity index (χ1) is 19.5. The van der Waals surface area contributed by atoms with Crippen molar-refractivity contribution < 1.29 is 46.9 Å². The molecular formula is C30H38F3NO6S. The second-order valence-electron chi connectivity index (χ2n) is 11.4. The Morgan fingerprint density at radius 3 is 2.24 bits per heavy atom. The van der Waals surface area contributed by atoms with Crippen molar-refractivity contribution >= 4 is 23.3 Å². The van der Waals surface area contributed by atoms with Crippen molar-refractivity contribution in [2.75, 3.05) is 32.8 Å². The number of fused-ring (bicyclic) bond motifs is 3. The van der Waals surface area contributed by atoms with Crippen molar-refractivity contribution in [3.8, 4) is 5.75 Å². The van der Waals surface area contributed by atoms with Crippen molar-refractivity contribution in [3.05, 3.63) is 52.7 Å². The van der Waals surface area contributed by atoms with E-state index >= 15 is 0 Å². The number of ether oxygens (including phenoxy) is 2. The quantitative estimate of drug-likeness (QED) is 0.261. The van der Waals surface area contributed by atoms with E-state index in [1.54, 1.807) is 0 Å². The molecule has 4 aliphatic rings. The highest BCUT2D eigenvalue weighted by Crippen LogP contribution is 2.44. The summed E-state index contributed by atoms with van der Waals surface area (Å²) < 4.78 is 44.7. The fraction of sp³-hybridized carbons (Fsp3) is 0.600. The maximum absolute atomic E-state index is 13.6. The van der Waals surface area contributed by atoms with Crippen LogP contribution in [0.3, 0.4) is 0 Å². The molecule has 3 saturated heterocycles. The van der Waals surface area contributed by atoms with Gasteiger partial charge in [0.15, 0.2) is 11.7 Å². The van der Waals surface area contributed by atoms with E-state index in [-0.39, 0.29) is 12.0 Å². The number of quaternary nitrogens is 1. The standard InChI is InChI=1S/C28H38NO4S.C2HF3O2/c30-27(28(31,26-13-7-20-34-26)23-9-3-1-4-10-23)33-25-21-29(17-14-22(25)15-18-29)16-8-19-32-24-11-5-2-6-12-24;3-2(4,5)1(6)7/h2,5-7,11-13,20,22-23,25,31H,1,3-4,8-10,14-19,21H2;(H,6,7)/q+1;/p-1/t22?,25-,28+,29?;/m0./s1. The van der Waals surface area contributed by atoms with Gasteiger partial charge in [0.2, 0.25) is 0 Å². The van der Waals surface area contributed by atoms with Gasteiger partial charge in [-0.15, -0.1) is 11.3 Å². The van der Waals surface area contributed by atoms with Gasteiger partial charge in [-0.05, 0) is 36.4 Å². The number of hydrogen-bond donors (Lipinski definition) is 1. The molecule has 0 spiro atoms. The molecule has 0 radical (unpaired) electrons. The molecule has 41 heavy (non-hydrogen) atoms. The molecule has 2 bridgehead atoms. The molecule has 4 heterocycles. The number of nitrogens with zero attached hydrogens (tertiary/aromatic N) is 1. The number of carbonyl (C=O) groups is 2. The first-order valence-corrected chi connectivity index (χ1v) is 15.2. The van der Waals surface area contributed by atoms with Crippen LogP contribution in [0.5, 0.6) is 5.75 Å². The second kappa shape index (κ2) is 13.6. The van der Waals surface area contributed by atoms with Crippen LogP contribution < -0.4 is 9.84 Å². The van der Waals surface area contributed by atoms with Gasteiger partial charge in [0.25, 0.3) is 0 Å². The van der Waals surface area contributed by atoms with Gasteiger partial charge >= 0.3 is 12.1 Å². The molecule has 4 fully saturated rings. The van der Waals surface area contributed by atoms with Gasteiger partial charge in [-0.25, -0.2) is 4.79 Å². The molecule has 2 aromatic rings. The van der Waals surface area contributed by atoms with Crippen LogP contribution in [0.25, 0.3) is 0 Å². The van der Waals surface area contributed by atoms with Gasteiger partial charge in [-0.3, -0.25) is 0 Å². The van der Waals surface area contributed by atoms with E-state index in [2.05, 4.69) is 0 Å². The maximum Gasteiger partial charge on any atom is 0.430 e. The van der Waals surface area contributed by atoms with E-state index < -0.39 is 23.7 Å². The van der Waals surface area contributed by atoms with Crippen molar-refractivity contribution in [1.82, 2.24) is 0 Å². The number of hydrogen-bond acceptors (Lipinski definition) is 7. The molecule has 0 amide bonds. The molecule has 3 aliphatic heterocycles. The van der Waals surface area contributed by atoms with Crippen molar-refractivity contribution in [1.29, 1.82) is 0 Å². The van der Waals surface area contributed by atoms with Crippen LogP contribution in [0, 0.1) is 11.8 Å². The highest BCUT2D eigenvalue weighted by atomic mass is 32.1. The summed E-state index contributed by atoms with van der Waals surface area (Å²) in [5.74, 6) is -2.13. The summed E-state index contributed by atoms with van der Waals surface area (Å²) in [5, 5.41) is 22.6. The molecule has 1 aromatic carbocycles. The van der Waals surface area contributed by atoms with Crippen LogP contribution >= 0.6 is 11.3 Å². The van der Waals surface area contributed by atoms with E-state index in [4.69, 9.17) is 19.4 Å². The predicted octanol–water partition coefficient (Wildman–Crippen LogP) is 4.44. The lowest BCUT2D eigenvalue weighted by molar-refractivity contribution is -0.946. The van der Waals surface area contributed by atoms with Crippen LogP contribution in [0.4, 0.5) is 13.2 Å². The average molecular weight is 598 g/mol. The highest BCUT2D eigenvalue weighted by molar-refractivity contribution is 7.10. The van der Waals surface area contributed by atoms with E-state index in [0.29, 0.717) is 12.5 Å². The number of alkyl halides is 3. The minimum Gasteiger partial charge on any atom is -0.542 e. The summed E-state index contributed by atoms with van der Waals surface area (Å²) in [7, 11) is 0. The number of benzene rings is 1. The third-order valence-electron chi connectivity index (χ3n) is 8.72. The Morgan fingerprint density at radius 1 is 1.00 bits per heavy atom. The number of aliphatic carboxylic acids is 1. The van der Waals surface area contributed by atoms with Gasteiger partial charge in [-0.2, -0.15) is 13.2 Å². The molecule has 2 atom stereocenters. The molecular weight excluding hydrogens is 559 g/mol. The second-order valence-corrected chi connectivity index (χ2v) is 12.3. The summed E-state index contributed by atoms with van der Waals surface area (Å²) >= 11 is 1.47. The zero-order chi connectivity index (χ0) is 29.5. The van der Waals surface area contributed by atoms with Gasteiger partial charge in [0, 0.05) is 36.0 Å². The monoisotopic (exact) mass is 597 g/mol. The zero-order valence-electron chi connectivity index (χ0n) is 23.0. The maximum atomic E-state index is 13.6. The SMILES string of the molecule is O=C(O[C@H]1C[N+]2(CCCOc3ccccc3)CCC1CC2)[C@](O)(c1cccs1)C1CCCCC1.O=C([O-])C(F)(F)F. The summed E-state index contributed by atoms with van der Waals surface area (Å²) in [6.45, 7) is 4.93. The number of piperidine rings is 3. The number of esters is 1. The van der Waals surface area contributed by atoms with Gasteiger partial charge in [0.05, 0.1) is 26.2 Å². The minimum atomic E-state index is -5.19. The third-order valence-corrected chi connectivity index (χ3v) is 9.72. The van der Waals surface area contributed by atoms with Crippen LogP contribution in [-0.2, 0) is 19.9 Å². The molecule has 1 N–H and O–H groups in total. The smallest absolute Gasteiger partial charge is 0.430 e. The first kappa shape index (κ1) is 31.3. The Hall–Kier alpha value is -2.63. The first-order valence-electron chi connectivity index (χ1n) is 14.3. The molecule has 226 valence electrons. The molecule has 7 nitrogen and oxygen atoms in total. The van der Waals surface area contributed by atoms with Gasteiger partial charge in [-0.1, -0.05) is 43.5 Å². The van der Waals surface area contributed by atoms with Gasteiger partial charge in [0.1, 0.15) is 18.3 Å².